The van der Waals surface area contributed by atoms with E-state index in [1.54, 1.807) is 11.8 Å². The second kappa shape index (κ2) is 11.1. The highest BCUT2D eigenvalue weighted by molar-refractivity contribution is 5.73. The zero-order valence-electron chi connectivity index (χ0n) is 15.4. The average Bonchev–Trinajstić information content (AvgIpc) is 3.33. The second-order valence-corrected chi connectivity index (χ2v) is 6.55. The molecule has 2 rings (SSSR count). The first-order chi connectivity index (χ1) is 12.1. The van der Waals surface area contributed by atoms with Crippen LogP contribution in [0.15, 0.2) is 0 Å². The van der Waals surface area contributed by atoms with E-state index in [9.17, 15) is 4.79 Å². The molecule has 0 aromatic rings. The summed E-state index contributed by atoms with van der Waals surface area (Å²) >= 11 is 0. The Hall–Kier alpha value is -0.770. The van der Waals surface area contributed by atoms with Gasteiger partial charge in [0.15, 0.2) is 0 Å². The number of rotatable bonds is 1. The van der Waals surface area contributed by atoms with Crippen molar-refractivity contribution in [3.05, 3.63) is 0 Å². The van der Waals surface area contributed by atoms with Crippen molar-refractivity contribution >= 4 is 5.91 Å². The fraction of sp³-hybridized carbons (Fsp3) is 0.941. The highest BCUT2D eigenvalue weighted by Crippen LogP contribution is 2.35. The minimum absolute atomic E-state index is 0.0324. The fourth-order valence-corrected chi connectivity index (χ4v) is 2.77. The summed E-state index contributed by atoms with van der Waals surface area (Å²) in [5.41, 5.74) is 6.14. The van der Waals surface area contributed by atoms with E-state index in [-0.39, 0.29) is 11.6 Å². The van der Waals surface area contributed by atoms with E-state index in [1.165, 1.54) is 0 Å². The Morgan fingerprint density at radius 2 is 1.16 bits per heavy atom. The molecule has 2 fully saturated rings. The van der Waals surface area contributed by atoms with Crippen molar-refractivity contribution in [3.8, 4) is 0 Å². The van der Waals surface area contributed by atoms with Gasteiger partial charge >= 0.3 is 0 Å². The van der Waals surface area contributed by atoms with Crippen molar-refractivity contribution < 1.29 is 23.7 Å². The Labute approximate surface area is 150 Å². The van der Waals surface area contributed by atoms with Crippen LogP contribution in [0.3, 0.4) is 0 Å². The van der Waals surface area contributed by atoms with Crippen molar-refractivity contribution in [2.45, 2.75) is 25.4 Å². The van der Waals surface area contributed by atoms with E-state index >= 15 is 0 Å². The van der Waals surface area contributed by atoms with Crippen LogP contribution >= 0.6 is 0 Å². The largest absolute Gasteiger partial charge is 0.378 e. The molecule has 0 radical (unpaired) electrons. The zero-order valence-corrected chi connectivity index (χ0v) is 15.4. The van der Waals surface area contributed by atoms with E-state index < -0.39 is 0 Å². The monoisotopic (exact) mass is 359 g/mol. The number of nitrogens with two attached hydrogens (primary N) is 1. The Balaban J connectivity index is 1.73. The number of hydrogen-bond donors (Lipinski definition) is 1. The molecule has 0 aromatic carbocycles. The van der Waals surface area contributed by atoms with Crippen molar-refractivity contribution in [3.63, 3.8) is 0 Å². The Morgan fingerprint density at radius 3 is 1.52 bits per heavy atom. The lowest BCUT2D eigenvalue weighted by Crippen LogP contribution is -2.47. The molecular weight excluding hydrogens is 326 g/mol. The first-order valence-corrected chi connectivity index (χ1v) is 9.22. The molecule has 146 valence electrons. The van der Waals surface area contributed by atoms with Gasteiger partial charge < -0.3 is 29.6 Å². The summed E-state index contributed by atoms with van der Waals surface area (Å²) < 4.78 is 22.4. The molecule has 8 nitrogen and oxygen atoms in total. The Kier molecular flexibility index (Phi) is 9.08. The molecule has 0 atom stereocenters. The third kappa shape index (κ3) is 7.98. The number of nitrogens with zero attached hydrogens (tertiary/aromatic N) is 2. The molecule has 1 aliphatic carbocycles. The summed E-state index contributed by atoms with van der Waals surface area (Å²) in [6.07, 6.45) is 2.07. The lowest BCUT2D eigenvalue weighted by Gasteiger charge is -2.28. The second-order valence-electron chi connectivity index (χ2n) is 6.55. The number of hydrogen-bond acceptors (Lipinski definition) is 7. The first-order valence-electron chi connectivity index (χ1n) is 9.22. The number of carbonyl (C=O) groups excluding carboxylic acids is 1. The van der Waals surface area contributed by atoms with Crippen molar-refractivity contribution in [2.75, 3.05) is 79.0 Å². The molecule has 1 amide bonds. The summed E-state index contributed by atoms with van der Waals surface area (Å²) in [7, 11) is 0. The van der Waals surface area contributed by atoms with Gasteiger partial charge in [-0.05, 0) is 12.8 Å². The van der Waals surface area contributed by atoms with Gasteiger partial charge in [-0.3, -0.25) is 9.69 Å². The van der Waals surface area contributed by atoms with E-state index in [0.29, 0.717) is 65.9 Å². The lowest BCUT2D eigenvalue weighted by molar-refractivity contribution is -0.130. The molecule has 2 aliphatic rings. The topological polar surface area (TPSA) is 86.5 Å². The number of amides is 1. The minimum Gasteiger partial charge on any atom is -0.378 e. The standard InChI is InChI=1S/C17H33N3O5/c1-16(21)19-4-8-22-12-14-24-10-6-20(17(18)2-3-17)7-11-25-15-13-23-9-5-19/h2-15,18H2,1H3. The summed E-state index contributed by atoms with van der Waals surface area (Å²) in [6, 6.07) is 0. The Bertz CT molecular complexity index is 372. The normalized spacial score (nSPS) is 25.8. The molecule has 0 unspecified atom stereocenters. The average molecular weight is 359 g/mol. The van der Waals surface area contributed by atoms with Crippen LogP contribution in [0.2, 0.25) is 0 Å². The first kappa shape index (κ1) is 20.5. The van der Waals surface area contributed by atoms with Gasteiger partial charge in [0.25, 0.3) is 0 Å². The Morgan fingerprint density at radius 1 is 0.760 bits per heavy atom. The van der Waals surface area contributed by atoms with Gasteiger partial charge in [0, 0.05) is 33.1 Å². The molecule has 1 aliphatic heterocycles. The van der Waals surface area contributed by atoms with E-state index in [1.807, 2.05) is 0 Å². The summed E-state index contributed by atoms with van der Waals surface area (Å²) in [5.74, 6) is 0.0324. The van der Waals surface area contributed by atoms with Crippen molar-refractivity contribution in [1.29, 1.82) is 0 Å². The molecule has 1 heterocycles. The van der Waals surface area contributed by atoms with Crippen LogP contribution in [0.4, 0.5) is 0 Å². The predicted octanol–water partition coefficient (Wildman–Crippen LogP) is -0.334. The van der Waals surface area contributed by atoms with Gasteiger partial charge in [-0.15, -0.1) is 0 Å². The van der Waals surface area contributed by atoms with E-state index in [4.69, 9.17) is 24.7 Å². The van der Waals surface area contributed by atoms with Crippen LogP contribution in [0, 0.1) is 0 Å². The van der Waals surface area contributed by atoms with Crippen LogP contribution in [0.5, 0.6) is 0 Å². The molecule has 0 spiro atoms. The molecule has 1 saturated heterocycles. The van der Waals surface area contributed by atoms with Gasteiger partial charge in [-0.1, -0.05) is 0 Å². The van der Waals surface area contributed by atoms with E-state index in [0.717, 1.165) is 25.9 Å². The van der Waals surface area contributed by atoms with Crippen molar-refractivity contribution in [2.24, 2.45) is 5.73 Å². The van der Waals surface area contributed by atoms with Gasteiger partial charge in [-0.25, -0.2) is 0 Å². The highest BCUT2D eigenvalue weighted by Gasteiger charge is 2.43. The van der Waals surface area contributed by atoms with Gasteiger partial charge in [0.05, 0.1) is 58.5 Å². The van der Waals surface area contributed by atoms with E-state index in [2.05, 4.69) is 4.90 Å². The smallest absolute Gasteiger partial charge is 0.219 e. The maximum Gasteiger partial charge on any atom is 0.219 e. The quantitative estimate of drug-likeness (QED) is 0.686. The van der Waals surface area contributed by atoms with Crippen LogP contribution < -0.4 is 5.73 Å². The molecule has 25 heavy (non-hydrogen) atoms. The molecule has 1 saturated carbocycles. The maximum absolute atomic E-state index is 11.6. The lowest BCUT2D eigenvalue weighted by atomic mass is 10.4. The van der Waals surface area contributed by atoms with Crippen LogP contribution in [0.25, 0.3) is 0 Å². The molecule has 0 aromatic heterocycles. The van der Waals surface area contributed by atoms with Crippen LogP contribution in [-0.4, -0.2) is 100 Å². The number of ether oxygens (including phenoxy) is 4. The summed E-state index contributed by atoms with van der Waals surface area (Å²) in [6.45, 7) is 8.72. The van der Waals surface area contributed by atoms with Crippen LogP contribution in [0.1, 0.15) is 19.8 Å². The molecule has 2 N–H and O–H groups in total. The van der Waals surface area contributed by atoms with Gasteiger partial charge in [-0.2, -0.15) is 0 Å². The number of carbonyl (C=O) groups is 1. The molecular formula is C17H33N3O5. The SMILES string of the molecule is CC(=O)N1CCOCCOCCN(C2(N)CC2)CCOCCOCC1. The van der Waals surface area contributed by atoms with Crippen LogP contribution in [-0.2, 0) is 23.7 Å². The van der Waals surface area contributed by atoms with Crippen molar-refractivity contribution in [1.82, 2.24) is 9.80 Å². The third-order valence-corrected chi connectivity index (χ3v) is 4.60. The molecule has 0 bridgehead atoms. The summed E-state index contributed by atoms with van der Waals surface area (Å²) in [5, 5.41) is 0. The highest BCUT2D eigenvalue weighted by atomic mass is 16.5. The summed E-state index contributed by atoms with van der Waals surface area (Å²) in [4.78, 5) is 15.6. The van der Waals surface area contributed by atoms with Gasteiger partial charge in [0.1, 0.15) is 0 Å². The molecule has 8 heteroatoms. The van der Waals surface area contributed by atoms with Gasteiger partial charge in [0.2, 0.25) is 5.91 Å². The predicted molar refractivity (Wildman–Crippen MR) is 93.3 cm³/mol. The fourth-order valence-electron chi connectivity index (χ4n) is 2.77. The maximum atomic E-state index is 11.6. The minimum atomic E-state index is -0.170. The third-order valence-electron chi connectivity index (χ3n) is 4.60. The zero-order chi connectivity index (χ0) is 18.0.